The first-order chi connectivity index (χ1) is 8.59. The van der Waals surface area contributed by atoms with Crippen molar-refractivity contribution in [2.24, 2.45) is 0 Å². The summed E-state index contributed by atoms with van der Waals surface area (Å²) in [6.45, 7) is 4.12. The second kappa shape index (κ2) is 5.49. The molecule has 0 aliphatic carbocycles. The fourth-order valence-electron chi connectivity index (χ4n) is 2.02. The van der Waals surface area contributed by atoms with Crippen LogP contribution >= 0.6 is 0 Å². The first-order valence-electron chi connectivity index (χ1n) is 6.10. The van der Waals surface area contributed by atoms with Gasteiger partial charge >= 0.3 is 0 Å². The van der Waals surface area contributed by atoms with Gasteiger partial charge in [0.2, 0.25) is 0 Å². The minimum Gasteiger partial charge on any atom is -0.254 e. The highest BCUT2D eigenvalue weighted by molar-refractivity contribution is 7.86. The van der Waals surface area contributed by atoms with Gasteiger partial charge in [-0.2, -0.15) is 0 Å². The van der Waals surface area contributed by atoms with Crippen LogP contribution in [0.4, 0.5) is 0 Å². The second-order valence-electron chi connectivity index (χ2n) is 5.00. The highest BCUT2D eigenvalue weighted by Gasteiger charge is 2.27. The first-order valence-corrected chi connectivity index (χ1v) is 7.25. The lowest BCUT2D eigenvalue weighted by Gasteiger charge is -2.24. The predicted molar refractivity (Wildman–Crippen MR) is 77.1 cm³/mol. The average Bonchev–Trinajstić information content (AvgIpc) is 2.39. The van der Waals surface area contributed by atoms with Gasteiger partial charge in [0.1, 0.15) is 0 Å². The van der Waals surface area contributed by atoms with Crippen LogP contribution in [0.2, 0.25) is 0 Å². The molecule has 0 amide bonds. The highest BCUT2D eigenvalue weighted by atomic mass is 32.2. The molecule has 2 rings (SSSR count). The molecule has 1 nitrogen and oxygen atoms in total. The predicted octanol–water partition coefficient (Wildman–Crippen LogP) is 3.82. The Kier molecular flexibility index (Phi) is 3.97. The molecule has 0 bridgehead atoms. The minimum absolute atomic E-state index is 0.261. The van der Waals surface area contributed by atoms with Gasteiger partial charge in [0, 0.05) is 9.64 Å². The molecule has 0 aliphatic heterocycles. The molecular formula is C16H18OS. The zero-order valence-corrected chi connectivity index (χ0v) is 11.6. The van der Waals surface area contributed by atoms with E-state index in [0.717, 1.165) is 11.3 Å². The number of benzene rings is 2. The van der Waals surface area contributed by atoms with E-state index in [1.807, 2.05) is 48.5 Å². The van der Waals surface area contributed by atoms with E-state index in [1.165, 1.54) is 5.56 Å². The van der Waals surface area contributed by atoms with Crippen molar-refractivity contribution in [1.82, 2.24) is 0 Å². The molecule has 0 saturated heterocycles. The third-order valence-corrected chi connectivity index (χ3v) is 4.78. The molecule has 0 heterocycles. The molecule has 94 valence electrons. The smallest absolute Gasteiger partial charge is 0.0589 e. The van der Waals surface area contributed by atoms with Crippen molar-refractivity contribution >= 4 is 10.8 Å². The van der Waals surface area contributed by atoms with Crippen molar-refractivity contribution in [1.29, 1.82) is 0 Å². The number of hydrogen-bond donors (Lipinski definition) is 0. The molecule has 2 aromatic carbocycles. The van der Waals surface area contributed by atoms with Gasteiger partial charge in [0.15, 0.2) is 0 Å². The van der Waals surface area contributed by atoms with E-state index in [0.29, 0.717) is 0 Å². The van der Waals surface area contributed by atoms with Gasteiger partial charge in [0.05, 0.1) is 10.8 Å². The lowest BCUT2D eigenvalue weighted by atomic mass is 10.0. The summed E-state index contributed by atoms with van der Waals surface area (Å²) < 4.78 is 12.3. The second-order valence-corrected chi connectivity index (χ2v) is 7.12. The zero-order chi connectivity index (χ0) is 13.0. The van der Waals surface area contributed by atoms with Gasteiger partial charge in [-0.3, -0.25) is 4.21 Å². The average molecular weight is 258 g/mol. The van der Waals surface area contributed by atoms with Crippen molar-refractivity contribution < 1.29 is 4.21 Å². The van der Waals surface area contributed by atoms with E-state index >= 15 is 0 Å². The molecule has 0 aliphatic rings. The van der Waals surface area contributed by atoms with Crippen LogP contribution in [0.15, 0.2) is 65.6 Å². The van der Waals surface area contributed by atoms with Gasteiger partial charge in [-0.05, 0) is 38.0 Å². The number of rotatable bonds is 4. The van der Waals surface area contributed by atoms with Crippen LogP contribution in [0.1, 0.15) is 19.4 Å². The Balaban J connectivity index is 2.19. The molecule has 0 N–H and O–H groups in total. The molecule has 1 atom stereocenters. The summed E-state index contributed by atoms with van der Waals surface area (Å²) >= 11 is 0. The van der Waals surface area contributed by atoms with Crippen LogP contribution < -0.4 is 0 Å². The largest absolute Gasteiger partial charge is 0.254 e. The molecule has 2 aromatic rings. The summed E-state index contributed by atoms with van der Waals surface area (Å²) in [5.41, 5.74) is 1.23. The van der Waals surface area contributed by atoms with Crippen LogP contribution in [-0.2, 0) is 17.2 Å². The highest BCUT2D eigenvalue weighted by Crippen LogP contribution is 2.24. The summed E-state index contributed by atoms with van der Waals surface area (Å²) in [5.74, 6) is 0. The summed E-state index contributed by atoms with van der Waals surface area (Å²) in [6.07, 6.45) is 0.815. The molecule has 0 spiro atoms. The van der Waals surface area contributed by atoms with Gasteiger partial charge in [-0.1, -0.05) is 48.5 Å². The van der Waals surface area contributed by atoms with Gasteiger partial charge in [-0.15, -0.1) is 0 Å². The maximum atomic E-state index is 12.6. The normalized spacial score (nSPS) is 13.2. The third-order valence-electron chi connectivity index (χ3n) is 2.93. The lowest BCUT2D eigenvalue weighted by molar-refractivity contribution is 0.623. The van der Waals surface area contributed by atoms with E-state index < -0.39 is 10.8 Å². The molecule has 0 saturated carbocycles. The molecule has 0 aromatic heterocycles. The fraction of sp³-hybridized carbons (Fsp3) is 0.250. The van der Waals surface area contributed by atoms with Gasteiger partial charge < -0.3 is 0 Å². The van der Waals surface area contributed by atoms with Crippen LogP contribution in [0.5, 0.6) is 0 Å². The summed E-state index contributed by atoms with van der Waals surface area (Å²) in [5, 5.41) is 0. The fourth-order valence-corrected chi connectivity index (χ4v) is 3.36. The SMILES string of the molecule is CC(C)(Cc1ccccc1)S(=O)c1ccccc1. The molecule has 0 radical (unpaired) electrons. The van der Waals surface area contributed by atoms with E-state index in [2.05, 4.69) is 26.0 Å². The van der Waals surface area contributed by atoms with E-state index in [-0.39, 0.29) is 4.75 Å². The Morgan fingerprint density at radius 2 is 1.39 bits per heavy atom. The van der Waals surface area contributed by atoms with E-state index in [4.69, 9.17) is 0 Å². The molecule has 1 unspecified atom stereocenters. The molecular weight excluding hydrogens is 240 g/mol. The van der Waals surface area contributed by atoms with Crippen molar-refractivity contribution in [2.75, 3.05) is 0 Å². The van der Waals surface area contributed by atoms with E-state index in [1.54, 1.807) is 0 Å². The topological polar surface area (TPSA) is 17.1 Å². The zero-order valence-electron chi connectivity index (χ0n) is 10.8. The molecule has 18 heavy (non-hydrogen) atoms. The summed E-state index contributed by atoms with van der Waals surface area (Å²) in [6, 6.07) is 19.9. The Morgan fingerprint density at radius 3 is 1.94 bits per heavy atom. The van der Waals surface area contributed by atoms with Gasteiger partial charge in [-0.25, -0.2) is 0 Å². The van der Waals surface area contributed by atoms with Crippen LogP contribution in [0.3, 0.4) is 0 Å². The van der Waals surface area contributed by atoms with Crippen molar-refractivity contribution in [3.63, 3.8) is 0 Å². The summed E-state index contributed by atoms with van der Waals surface area (Å²) in [7, 11) is -0.994. The Labute approximate surface area is 111 Å². The van der Waals surface area contributed by atoms with Crippen LogP contribution in [0, 0.1) is 0 Å². The van der Waals surface area contributed by atoms with Crippen LogP contribution in [0.25, 0.3) is 0 Å². The Morgan fingerprint density at radius 1 is 0.889 bits per heavy atom. The monoisotopic (exact) mass is 258 g/mol. The Bertz CT molecular complexity index is 517. The van der Waals surface area contributed by atoms with Gasteiger partial charge in [0.25, 0.3) is 0 Å². The summed E-state index contributed by atoms with van der Waals surface area (Å²) in [4.78, 5) is 0.901. The number of hydrogen-bond acceptors (Lipinski definition) is 1. The first kappa shape index (κ1) is 13.0. The molecule has 0 fully saturated rings. The lowest BCUT2D eigenvalue weighted by Crippen LogP contribution is -2.29. The van der Waals surface area contributed by atoms with Crippen molar-refractivity contribution in [2.45, 2.75) is 29.9 Å². The third kappa shape index (κ3) is 3.08. The Hall–Kier alpha value is -1.41. The maximum Gasteiger partial charge on any atom is 0.0589 e. The quantitative estimate of drug-likeness (QED) is 0.815. The van der Waals surface area contributed by atoms with Crippen LogP contribution in [-0.4, -0.2) is 8.96 Å². The standard InChI is InChI=1S/C16H18OS/c1-16(2,13-14-9-5-3-6-10-14)18(17)15-11-7-4-8-12-15/h3-12H,13H2,1-2H3. The van der Waals surface area contributed by atoms with Crippen molar-refractivity contribution in [3.05, 3.63) is 66.2 Å². The maximum absolute atomic E-state index is 12.6. The minimum atomic E-state index is -0.994. The van der Waals surface area contributed by atoms with E-state index in [9.17, 15) is 4.21 Å². The molecule has 2 heteroatoms. The van der Waals surface area contributed by atoms with Crippen molar-refractivity contribution in [3.8, 4) is 0 Å².